The van der Waals surface area contributed by atoms with Crippen LogP contribution in [0.3, 0.4) is 0 Å². The Morgan fingerprint density at radius 3 is 2.05 bits per heavy atom. The Bertz CT molecular complexity index is 410. The van der Waals surface area contributed by atoms with Crippen molar-refractivity contribution in [2.45, 2.75) is 78.3 Å². The molecule has 0 atom stereocenters. The molecule has 1 N–H and O–H groups in total. The molecule has 0 saturated heterocycles. The lowest BCUT2D eigenvalue weighted by atomic mass is 9.84. The van der Waals surface area contributed by atoms with Crippen LogP contribution in [0.4, 0.5) is 0 Å². The first-order valence-electron chi connectivity index (χ1n) is 7.72. The predicted octanol–water partition coefficient (Wildman–Crippen LogP) is 4.63. The molecule has 0 bridgehead atoms. The van der Waals surface area contributed by atoms with Gasteiger partial charge in [0, 0.05) is 12.6 Å². The second-order valence-electron chi connectivity index (χ2n) is 7.20. The number of rotatable bonds is 3. The Morgan fingerprint density at radius 1 is 1.05 bits per heavy atom. The molecule has 106 valence electrons. The van der Waals surface area contributed by atoms with E-state index in [1.54, 1.807) is 0 Å². The summed E-state index contributed by atoms with van der Waals surface area (Å²) in [6.07, 6.45) is 5.52. The molecule has 1 nitrogen and oxygen atoms in total. The predicted molar refractivity (Wildman–Crippen MR) is 83.7 cm³/mol. The lowest BCUT2D eigenvalue weighted by Crippen LogP contribution is -2.26. The van der Waals surface area contributed by atoms with Gasteiger partial charge in [-0.2, -0.15) is 0 Å². The van der Waals surface area contributed by atoms with E-state index in [-0.39, 0.29) is 5.41 Å². The minimum Gasteiger partial charge on any atom is -0.310 e. The van der Waals surface area contributed by atoms with Crippen LogP contribution in [0.1, 0.15) is 68.7 Å². The normalized spacial score (nSPS) is 17.1. The summed E-state index contributed by atoms with van der Waals surface area (Å²) in [5.74, 6) is 0. The minimum absolute atomic E-state index is 0.243. The molecule has 0 aromatic heterocycles. The van der Waals surface area contributed by atoms with Gasteiger partial charge in [0.2, 0.25) is 0 Å². The van der Waals surface area contributed by atoms with E-state index in [0.717, 1.165) is 12.6 Å². The monoisotopic (exact) mass is 259 g/mol. The molecular formula is C18H29N. The zero-order valence-electron chi connectivity index (χ0n) is 13.3. The van der Waals surface area contributed by atoms with Gasteiger partial charge in [0.15, 0.2) is 0 Å². The van der Waals surface area contributed by atoms with E-state index in [4.69, 9.17) is 0 Å². The first-order valence-corrected chi connectivity index (χ1v) is 7.72. The van der Waals surface area contributed by atoms with Gasteiger partial charge in [0.1, 0.15) is 0 Å². The van der Waals surface area contributed by atoms with Crippen LogP contribution in [0, 0.1) is 13.8 Å². The van der Waals surface area contributed by atoms with E-state index in [0.29, 0.717) is 0 Å². The Balaban J connectivity index is 2.12. The van der Waals surface area contributed by atoms with Crippen molar-refractivity contribution in [1.82, 2.24) is 5.32 Å². The summed E-state index contributed by atoms with van der Waals surface area (Å²) in [7, 11) is 0. The maximum absolute atomic E-state index is 3.74. The summed E-state index contributed by atoms with van der Waals surface area (Å²) < 4.78 is 0. The second-order valence-corrected chi connectivity index (χ2v) is 7.20. The van der Waals surface area contributed by atoms with E-state index in [1.165, 1.54) is 47.9 Å². The first-order chi connectivity index (χ1) is 8.88. The van der Waals surface area contributed by atoms with Crippen LogP contribution < -0.4 is 5.32 Å². The molecule has 0 spiro atoms. The first kappa shape index (κ1) is 14.6. The fourth-order valence-corrected chi connectivity index (χ4v) is 3.08. The van der Waals surface area contributed by atoms with E-state index in [9.17, 15) is 0 Å². The van der Waals surface area contributed by atoms with Crippen LogP contribution in [0.15, 0.2) is 12.1 Å². The van der Waals surface area contributed by atoms with Crippen LogP contribution in [0.5, 0.6) is 0 Å². The molecular weight excluding hydrogens is 230 g/mol. The maximum atomic E-state index is 3.74. The molecule has 0 heterocycles. The Kier molecular flexibility index (Phi) is 4.35. The fraction of sp³-hybridized carbons (Fsp3) is 0.667. The second kappa shape index (κ2) is 5.66. The van der Waals surface area contributed by atoms with Crippen molar-refractivity contribution < 1.29 is 0 Å². The largest absolute Gasteiger partial charge is 0.310 e. The van der Waals surface area contributed by atoms with Crippen LogP contribution >= 0.6 is 0 Å². The molecule has 1 aromatic rings. The molecule has 0 radical (unpaired) electrons. The van der Waals surface area contributed by atoms with Crippen molar-refractivity contribution in [3.05, 3.63) is 34.4 Å². The third kappa shape index (κ3) is 3.60. The highest BCUT2D eigenvalue weighted by molar-refractivity contribution is 5.40. The van der Waals surface area contributed by atoms with Gasteiger partial charge in [0.25, 0.3) is 0 Å². The van der Waals surface area contributed by atoms with Crippen molar-refractivity contribution >= 4 is 0 Å². The van der Waals surface area contributed by atoms with Gasteiger partial charge < -0.3 is 5.32 Å². The highest BCUT2D eigenvalue weighted by Gasteiger charge is 2.18. The average Bonchev–Trinajstić information content (AvgIpc) is 2.79. The van der Waals surface area contributed by atoms with Crippen LogP contribution in [-0.2, 0) is 12.0 Å². The SMILES string of the molecule is Cc1cc(C(C)(C)C)cc(C)c1CNC1CCCC1. The summed E-state index contributed by atoms with van der Waals surface area (Å²) in [6.45, 7) is 12.4. The summed E-state index contributed by atoms with van der Waals surface area (Å²) in [5.41, 5.74) is 6.07. The molecule has 1 fully saturated rings. The molecule has 1 heteroatoms. The zero-order chi connectivity index (χ0) is 14.0. The van der Waals surface area contributed by atoms with Crippen molar-refractivity contribution in [2.75, 3.05) is 0 Å². The van der Waals surface area contributed by atoms with Gasteiger partial charge in [-0.3, -0.25) is 0 Å². The summed E-state index contributed by atoms with van der Waals surface area (Å²) in [6, 6.07) is 5.50. The van der Waals surface area contributed by atoms with Gasteiger partial charge in [0.05, 0.1) is 0 Å². The minimum atomic E-state index is 0.243. The standard InChI is InChI=1S/C18H29N/c1-13-10-15(18(3,4)5)11-14(2)17(13)12-19-16-8-6-7-9-16/h10-11,16,19H,6-9,12H2,1-5H3. The van der Waals surface area contributed by atoms with Gasteiger partial charge in [-0.1, -0.05) is 45.7 Å². The Morgan fingerprint density at radius 2 is 1.58 bits per heavy atom. The lowest BCUT2D eigenvalue weighted by Gasteiger charge is -2.23. The molecule has 0 unspecified atom stereocenters. The zero-order valence-corrected chi connectivity index (χ0v) is 13.3. The topological polar surface area (TPSA) is 12.0 Å². The number of nitrogens with one attached hydrogen (secondary N) is 1. The van der Waals surface area contributed by atoms with Crippen LogP contribution in [0.25, 0.3) is 0 Å². The third-order valence-corrected chi connectivity index (χ3v) is 4.48. The Hall–Kier alpha value is -0.820. The van der Waals surface area contributed by atoms with Gasteiger partial charge in [-0.05, 0) is 54.4 Å². The molecule has 2 rings (SSSR count). The Labute approximate surface area is 118 Å². The highest BCUT2D eigenvalue weighted by Crippen LogP contribution is 2.27. The molecule has 19 heavy (non-hydrogen) atoms. The van der Waals surface area contributed by atoms with E-state index < -0.39 is 0 Å². The highest BCUT2D eigenvalue weighted by atomic mass is 14.9. The van der Waals surface area contributed by atoms with Crippen molar-refractivity contribution in [3.63, 3.8) is 0 Å². The maximum Gasteiger partial charge on any atom is 0.0213 e. The average molecular weight is 259 g/mol. The summed E-state index contributed by atoms with van der Waals surface area (Å²) in [5, 5.41) is 3.74. The van der Waals surface area contributed by atoms with E-state index in [2.05, 4.69) is 52.1 Å². The molecule has 0 amide bonds. The van der Waals surface area contributed by atoms with Gasteiger partial charge in [-0.25, -0.2) is 0 Å². The number of benzene rings is 1. The molecule has 1 aromatic carbocycles. The van der Waals surface area contributed by atoms with Crippen LogP contribution in [-0.4, -0.2) is 6.04 Å². The van der Waals surface area contributed by atoms with Crippen molar-refractivity contribution in [2.24, 2.45) is 0 Å². The summed E-state index contributed by atoms with van der Waals surface area (Å²) >= 11 is 0. The van der Waals surface area contributed by atoms with Crippen molar-refractivity contribution in [1.29, 1.82) is 0 Å². The van der Waals surface area contributed by atoms with Gasteiger partial charge in [-0.15, -0.1) is 0 Å². The third-order valence-electron chi connectivity index (χ3n) is 4.48. The van der Waals surface area contributed by atoms with E-state index in [1.807, 2.05) is 0 Å². The number of hydrogen-bond donors (Lipinski definition) is 1. The number of hydrogen-bond acceptors (Lipinski definition) is 1. The smallest absolute Gasteiger partial charge is 0.0213 e. The quantitative estimate of drug-likeness (QED) is 0.834. The van der Waals surface area contributed by atoms with Crippen LogP contribution in [0.2, 0.25) is 0 Å². The number of aryl methyl sites for hydroxylation is 2. The molecule has 1 aliphatic rings. The van der Waals surface area contributed by atoms with E-state index >= 15 is 0 Å². The molecule has 1 aliphatic carbocycles. The van der Waals surface area contributed by atoms with Gasteiger partial charge >= 0.3 is 0 Å². The lowest BCUT2D eigenvalue weighted by molar-refractivity contribution is 0.522. The summed E-state index contributed by atoms with van der Waals surface area (Å²) in [4.78, 5) is 0. The molecule has 1 saturated carbocycles. The van der Waals surface area contributed by atoms with Crippen molar-refractivity contribution in [3.8, 4) is 0 Å². The fourth-order valence-electron chi connectivity index (χ4n) is 3.08. The molecule has 0 aliphatic heterocycles.